The summed E-state index contributed by atoms with van der Waals surface area (Å²) in [5, 5.41) is 2.34. The van der Waals surface area contributed by atoms with Crippen LogP contribution in [0.4, 0.5) is 5.82 Å². The lowest BCUT2D eigenvalue weighted by atomic mass is 9.95. The molecule has 1 aromatic rings. The fourth-order valence-corrected chi connectivity index (χ4v) is 5.57. The largest absolute Gasteiger partial charge is 0.463 e. The fourth-order valence-electron chi connectivity index (χ4n) is 5.57. The van der Waals surface area contributed by atoms with Crippen LogP contribution in [0.2, 0.25) is 0 Å². The first-order valence-electron chi connectivity index (χ1n) is 16.2. The Morgan fingerprint density at radius 2 is 1.06 bits per heavy atom. The number of nitrogens with zero attached hydrogens (tertiary/aromatic N) is 2. The Balaban J connectivity index is 2.23. The van der Waals surface area contributed by atoms with Crippen molar-refractivity contribution in [3.8, 4) is 0 Å². The van der Waals surface area contributed by atoms with Crippen LogP contribution in [-0.2, 0) is 85.7 Å². The van der Waals surface area contributed by atoms with Crippen molar-refractivity contribution in [2.24, 2.45) is 0 Å². The Bertz CT molecular complexity index is 1660. The number of hydrogen-bond donors (Lipinski definition) is 1. The maximum absolute atomic E-state index is 13.2. The average Bonchev–Trinajstić information content (AvgIpc) is 3.02. The minimum Gasteiger partial charge on any atom is -0.463 e. The van der Waals surface area contributed by atoms with Crippen LogP contribution >= 0.6 is 0 Å². The molecule has 0 aliphatic carbocycles. The number of aromatic nitrogens is 2. The minimum atomic E-state index is -1.88. The molecular formula is C32H41N3O19. The van der Waals surface area contributed by atoms with Crippen LogP contribution in [0.25, 0.3) is 0 Å². The van der Waals surface area contributed by atoms with E-state index in [4.69, 9.17) is 47.4 Å². The molecule has 1 N–H and O–H groups in total. The Morgan fingerprint density at radius 3 is 1.52 bits per heavy atom. The molecule has 2 aliphatic heterocycles. The summed E-state index contributed by atoms with van der Waals surface area (Å²) in [6, 6.07) is 1.22. The van der Waals surface area contributed by atoms with E-state index in [0.29, 0.717) is 0 Å². The fraction of sp³-hybridized carbons (Fsp3) is 0.625. The highest BCUT2D eigenvalue weighted by molar-refractivity contribution is 5.87. The van der Waals surface area contributed by atoms with Crippen molar-refractivity contribution in [1.29, 1.82) is 0 Å². The first kappa shape index (κ1) is 42.9. The van der Waals surface area contributed by atoms with Gasteiger partial charge in [0.05, 0.1) is 0 Å². The smallest absolute Gasteiger partial charge is 0.351 e. The van der Waals surface area contributed by atoms with Crippen LogP contribution in [0.3, 0.4) is 0 Å². The van der Waals surface area contributed by atoms with Crippen molar-refractivity contribution in [3.05, 3.63) is 22.7 Å². The minimum absolute atomic E-state index is 0.138. The van der Waals surface area contributed by atoms with Gasteiger partial charge >= 0.3 is 47.5 Å². The number of amides is 1. The van der Waals surface area contributed by atoms with Crippen LogP contribution in [0.5, 0.6) is 0 Å². The molecule has 54 heavy (non-hydrogen) atoms. The van der Waals surface area contributed by atoms with E-state index in [1.165, 1.54) is 13.0 Å². The molecule has 22 heteroatoms. The van der Waals surface area contributed by atoms with Gasteiger partial charge in [0.1, 0.15) is 37.3 Å². The van der Waals surface area contributed by atoms with E-state index in [-0.39, 0.29) is 5.82 Å². The normalized spacial score (nSPS) is 27.6. The molecule has 298 valence electrons. The van der Waals surface area contributed by atoms with E-state index in [9.17, 15) is 43.2 Å². The van der Waals surface area contributed by atoms with Crippen LogP contribution in [0, 0.1) is 0 Å². The van der Waals surface area contributed by atoms with Gasteiger partial charge in [0.2, 0.25) is 5.91 Å². The summed E-state index contributed by atoms with van der Waals surface area (Å²) in [4.78, 5) is 114. The van der Waals surface area contributed by atoms with E-state index in [1.54, 1.807) is 0 Å². The van der Waals surface area contributed by atoms with E-state index in [2.05, 4.69) is 10.3 Å². The third-order valence-corrected chi connectivity index (χ3v) is 7.31. The summed E-state index contributed by atoms with van der Waals surface area (Å²) in [5.74, 6) is -6.99. The molecular weight excluding hydrogens is 730 g/mol. The molecule has 2 fully saturated rings. The number of carbonyl (C=O) groups is 8. The highest BCUT2D eigenvalue weighted by Gasteiger charge is 2.57. The van der Waals surface area contributed by atoms with Gasteiger partial charge in [-0.15, -0.1) is 0 Å². The number of anilines is 1. The van der Waals surface area contributed by atoms with Gasteiger partial charge in [0.15, 0.2) is 43.0 Å². The topological polar surface area (TPSA) is 276 Å². The summed E-state index contributed by atoms with van der Waals surface area (Å²) in [7, 11) is 0. The lowest BCUT2D eigenvalue weighted by Crippen LogP contribution is -2.66. The Morgan fingerprint density at radius 1 is 0.611 bits per heavy atom. The summed E-state index contributed by atoms with van der Waals surface area (Å²) < 4.78 is 57.1. The lowest BCUT2D eigenvalue weighted by Gasteiger charge is -2.49. The SMILES string of the molecule is CC(=O)Nc1ccn([C@@H]2O[C@H](COC(C)=O)[C@@H](O[C@H]3O[C@H](COC(C)=O)[C@@H](OC(C)=O)[C@H](OC(C)=O)[C@H]3OC(C)=O)[C@H](OC(C)=O)[C@H]2OC(C)=O)c(=O)n1. The molecule has 1 aromatic heterocycles. The van der Waals surface area contributed by atoms with Crippen LogP contribution in [0.15, 0.2) is 17.1 Å². The summed E-state index contributed by atoms with van der Waals surface area (Å²) in [5.41, 5.74) is -1.03. The average molecular weight is 772 g/mol. The van der Waals surface area contributed by atoms with Gasteiger partial charge in [-0.05, 0) is 6.07 Å². The van der Waals surface area contributed by atoms with Crippen LogP contribution in [-0.4, -0.2) is 126 Å². The summed E-state index contributed by atoms with van der Waals surface area (Å²) in [6.45, 7) is 7.06. The number of nitrogens with one attached hydrogen (secondary N) is 1. The second kappa shape index (κ2) is 19.0. The van der Waals surface area contributed by atoms with Crippen molar-refractivity contribution in [2.45, 2.75) is 117 Å². The molecule has 0 unspecified atom stereocenters. The Labute approximate surface area is 306 Å². The van der Waals surface area contributed by atoms with Gasteiger partial charge in [-0.3, -0.25) is 42.9 Å². The predicted octanol–water partition coefficient (Wildman–Crippen LogP) is -1.01. The van der Waals surface area contributed by atoms with Gasteiger partial charge in [0, 0.05) is 61.6 Å². The van der Waals surface area contributed by atoms with E-state index >= 15 is 0 Å². The van der Waals surface area contributed by atoms with Gasteiger partial charge in [0.25, 0.3) is 0 Å². The van der Waals surface area contributed by atoms with E-state index < -0.39 is 128 Å². The first-order valence-corrected chi connectivity index (χ1v) is 16.2. The molecule has 0 radical (unpaired) electrons. The highest BCUT2D eigenvalue weighted by atomic mass is 16.8. The maximum Gasteiger partial charge on any atom is 0.351 e. The Kier molecular flexibility index (Phi) is 15.1. The third kappa shape index (κ3) is 12.0. The zero-order valence-corrected chi connectivity index (χ0v) is 30.5. The molecule has 0 saturated carbocycles. The Hall–Kier alpha value is -5.48. The number of hydrogen-bond acceptors (Lipinski definition) is 20. The third-order valence-electron chi connectivity index (χ3n) is 7.31. The predicted molar refractivity (Wildman–Crippen MR) is 171 cm³/mol. The van der Waals surface area contributed by atoms with Crippen LogP contribution < -0.4 is 11.0 Å². The zero-order valence-electron chi connectivity index (χ0n) is 30.5. The number of ether oxygens (including phenoxy) is 10. The van der Waals surface area contributed by atoms with Crippen molar-refractivity contribution < 1.29 is 85.7 Å². The van der Waals surface area contributed by atoms with Crippen molar-refractivity contribution >= 4 is 53.5 Å². The molecule has 2 saturated heterocycles. The maximum atomic E-state index is 13.2. The molecule has 3 rings (SSSR count). The van der Waals surface area contributed by atoms with Gasteiger partial charge < -0.3 is 52.7 Å². The van der Waals surface area contributed by atoms with Gasteiger partial charge in [-0.2, -0.15) is 4.98 Å². The van der Waals surface area contributed by atoms with Crippen molar-refractivity contribution in [1.82, 2.24) is 9.55 Å². The lowest BCUT2D eigenvalue weighted by molar-refractivity contribution is -0.349. The van der Waals surface area contributed by atoms with E-state index in [0.717, 1.165) is 59.2 Å². The standard InChI is InChI=1S/C32H41N3O19/c1-13(36)33-23-9-10-35(32(44)34-23)30-28(50-19(7)42)26(48-17(5)40)25(21(52-30)11-45-14(2)37)54-31-29(51-20(8)43)27(49-18(6)41)24(47-16(4)39)22(53-31)12-46-15(3)38/h9-10,21-22,24-31H,11-12H2,1-8H3,(H,33,34,36,44)/t21-,22-,24-,25-,26+,27+,28-,29-,30-,31-/m1/s1. The van der Waals surface area contributed by atoms with Gasteiger partial charge in [-0.25, -0.2) is 4.79 Å². The highest BCUT2D eigenvalue weighted by Crippen LogP contribution is 2.37. The zero-order chi connectivity index (χ0) is 40.4. The second-order valence-electron chi connectivity index (χ2n) is 11.9. The number of rotatable bonds is 13. The molecule has 1 amide bonds. The van der Waals surface area contributed by atoms with Crippen molar-refractivity contribution in [2.75, 3.05) is 18.5 Å². The monoisotopic (exact) mass is 771 g/mol. The molecule has 0 bridgehead atoms. The molecule has 22 nitrogen and oxygen atoms in total. The molecule has 0 aromatic carbocycles. The van der Waals surface area contributed by atoms with E-state index in [1.807, 2.05) is 0 Å². The molecule has 2 aliphatic rings. The van der Waals surface area contributed by atoms with Crippen LogP contribution in [0.1, 0.15) is 61.6 Å². The first-order chi connectivity index (χ1) is 25.3. The summed E-state index contributed by atoms with van der Waals surface area (Å²) in [6.07, 6.45) is -15.6. The number of carbonyl (C=O) groups excluding carboxylic acids is 8. The van der Waals surface area contributed by atoms with Crippen molar-refractivity contribution in [3.63, 3.8) is 0 Å². The molecule has 10 atom stereocenters. The molecule has 3 heterocycles. The summed E-state index contributed by atoms with van der Waals surface area (Å²) >= 11 is 0. The quantitative estimate of drug-likeness (QED) is 0.186. The second-order valence-corrected chi connectivity index (χ2v) is 11.9. The number of esters is 7. The van der Waals surface area contributed by atoms with Gasteiger partial charge in [-0.1, -0.05) is 0 Å². The molecule has 0 spiro atoms.